The van der Waals surface area contributed by atoms with E-state index >= 15 is 0 Å². The smallest absolute Gasteiger partial charge is 0.118 e. The molecule has 0 saturated carbocycles. The molecule has 0 heterocycles. The van der Waals surface area contributed by atoms with Gasteiger partial charge >= 0.3 is 0 Å². The molecule has 2 unspecified atom stereocenters. The van der Waals surface area contributed by atoms with Gasteiger partial charge in [-0.1, -0.05) is 19.1 Å². The topological polar surface area (TPSA) is 38.5 Å². The molecule has 0 radical (unpaired) electrons. The number of rotatable bonds is 5. The summed E-state index contributed by atoms with van der Waals surface area (Å²) in [6.07, 6.45) is 1.01. The molecule has 96 valence electrons. The van der Waals surface area contributed by atoms with Gasteiger partial charge in [-0.3, -0.25) is 0 Å². The van der Waals surface area contributed by atoms with Gasteiger partial charge in [0.2, 0.25) is 0 Å². The lowest BCUT2D eigenvalue weighted by molar-refractivity contribution is 0.132. The molecule has 1 rings (SSSR count). The van der Waals surface area contributed by atoms with Crippen LogP contribution in [0.4, 0.5) is 0 Å². The average molecular weight is 236 g/mol. The average Bonchev–Trinajstić information content (AvgIpc) is 2.36. The van der Waals surface area contributed by atoms with Crippen LogP contribution in [0.2, 0.25) is 0 Å². The summed E-state index contributed by atoms with van der Waals surface area (Å²) < 4.78 is 5.16. The summed E-state index contributed by atoms with van der Waals surface area (Å²) >= 11 is 0. The standard InChI is InChI=1S/C14H24N2O/c1-6-14(2,16(3)4)13(15)11-7-9-12(17-5)10-8-11/h7-10,13H,6,15H2,1-5H3. The number of benzene rings is 1. The molecule has 0 spiro atoms. The van der Waals surface area contributed by atoms with Crippen LogP contribution in [-0.4, -0.2) is 31.6 Å². The van der Waals surface area contributed by atoms with Crippen LogP contribution in [0.1, 0.15) is 31.9 Å². The Balaban J connectivity index is 2.97. The summed E-state index contributed by atoms with van der Waals surface area (Å²) in [5.74, 6) is 0.865. The highest BCUT2D eigenvalue weighted by atomic mass is 16.5. The molecule has 0 aliphatic carbocycles. The van der Waals surface area contributed by atoms with Crippen LogP contribution >= 0.6 is 0 Å². The molecule has 0 saturated heterocycles. The van der Waals surface area contributed by atoms with Crippen LogP contribution in [0.15, 0.2) is 24.3 Å². The third-order valence-electron chi connectivity index (χ3n) is 3.88. The fraction of sp³-hybridized carbons (Fsp3) is 0.571. The number of ether oxygens (including phenoxy) is 1. The van der Waals surface area contributed by atoms with Gasteiger partial charge in [-0.25, -0.2) is 0 Å². The highest BCUT2D eigenvalue weighted by Crippen LogP contribution is 2.31. The lowest BCUT2D eigenvalue weighted by Crippen LogP contribution is -2.49. The Morgan fingerprint density at radius 2 is 1.82 bits per heavy atom. The highest BCUT2D eigenvalue weighted by molar-refractivity contribution is 5.30. The van der Waals surface area contributed by atoms with Crippen molar-refractivity contribution in [3.63, 3.8) is 0 Å². The van der Waals surface area contributed by atoms with Crippen LogP contribution in [0.5, 0.6) is 5.75 Å². The van der Waals surface area contributed by atoms with E-state index in [0.29, 0.717) is 0 Å². The summed E-state index contributed by atoms with van der Waals surface area (Å²) in [5, 5.41) is 0. The summed E-state index contributed by atoms with van der Waals surface area (Å²) in [7, 11) is 5.82. The Bertz CT molecular complexity index is 348. The molecule has 0 fully saturated rings. The van der Waals surface area contributed by atoms with Crippen molar-refractivity contribution in [3.8, 4) is 5.75 Å². The van der Waals surface area contributed by atoms with Crippen LogP contribution in [-0.2, 0) is 0 Å². The summed E-state index contributed by atoms with van der Waals surface area (Å²) in [5.41, 5.74) is 7.50. The van der Waals surface area contributed by atoms with Crippen molar-refractivity contribution >= 4 is 0 Å². The third-order valence-corrected chi connectivity index (χ3v) is 3.88. The molecule has 0 bridgehead atoms. The van der Waals surface area contributed by atoms with Gasteiger partial charge in [0.05, 0.1) is 7.11 Å². The lowest BCUT2D eigenvalue weighted by Gasteiger charge is -2.41. The molecule has 17 heavy (non-hydrogen) atoms. The SMILES string of the molecule is CCC(C)(C(N)c1ccc(OC)cc1)N(C)C. The van der Waals surface area contributed by atoms with Crippen LogP contribution in [0.25, 0.3) is 0 Å². The van der Waals surface area contributed by atoms with Gasteiger partial charge in [-0.15, -0.1) is 0 Å². The maximum Gasteiger partial charge on any atom is 0.118 e. The van der Waals surface area contributed by atoms with E-state index in [1.165, 1.54) is 0 Å². The van der Waals surface area contributed by atoms with Gasteiger partial charge in [0, 0.05) is 11.6 Å². The number of likely N-dealkylation sites (N-methyl/N-ethyl adjacent to an activating group) is 1. The minimum absolute atomic E-state index is 0.00611. The van der Waals surface area contributed by atoms with Crippen molar-refractivity contribution in [2.45, 2.75) is 31.8 Å². The van der Waals surface area contributed by atoms with E-state index in [2.05, 4.69) is 32.8 Å². The molecule has 1 aromatic rings. The Morgan fingerprint density at radius 1 is 1.29 bits per heavy atom. The van der Waals surface area contributed by atoms with E-state index in [1.54, 1.807) is 7.11 Å². The van der Waals surface area contributed by atoms with Crippen molar-refractivity contribution < 1.29 is 4.74 Å². The fourth-order valence-corrected chi connectivity index (χ4v) is 1.98. The zero-order valence-electron chi connectivity index (χ0n) is 11.5. The zero-order valence-corrected chi connectivity index (χ0v) is 11.5. The number of methoxy groups -OCH3 is 1. The largest absolute Gasteiger partial charge is 0.497 e. The lowest BCUT2D eigenvalue weighted by atomic mass is 9.84. The monoisotopic (exact) mass is 236 g/mol. The Morgan fingerprint density at radius 3 is 2.18 bits per heavy atom. The van der Waals surface area contributed by atoms with E-state index in [9.17, 15) is 0 Å². The van der Waals surface area contributed by atoms with E-state index in [4.69, 9.17) is 10.5 Å². The molecule has 2 N–H and O–H groups in total. The number of hydrogen-bond donors (Lipinski definition) is 1. The number of nitrogens with zero attached hydrogens (tertiary/aromatic N) is 1. The first-order valence-corrected chi connectivity index (χ1v) is 6.02. The predicted molar refractivity (Wildman–Crippen MR) is 72.3 cm³/mol. The van der Waals surface area contributed by atoms with Gasteiger partial charge in [0.1, 0.15) is 5.75 Å². The molecule has 2 atom stereocenters. The van der Waals surface area contributed by atoms with E-state index in [0.717, 1.165) is 17.7 Å². The first-order chi connectivity index (χ1) is 7.95. The predicted octanol–water partition coefficient (Wildman–Crippen LogP) is 2.43. The van der Waals surface area contributed by atoms with Gasteiger partial charge in [-0.05, 0) is 45.1 Å². The molecule has 0 aliphatic rings. The van der Waals surface area contributed by atoms with Gasteiger partial charge in [0.15, 0.2) is 0 Å². The molecule has 1 aromatic carbocycles. The van der Waals surface area contributed by atoms with Crippen LogP contribution in [0, 0.1) is 0 Å². The molecule has 0 aliphatic heterocycles. The normalized spacial score (nSPS) is 16.6. The van der Waals surface area contributed by atoms with E-state index in [1.807, 2.05) is 24.3 Å². The molecule has 3 nitrogen and oxygen atoms in total. The van der Waals surface area contributed by atoms with Gasteiger partial charge in [-0.2, -0.15) is 0 Å². The minimum atomic E-state index is -0.0331. The molecule has 0 aromatic heterocycles. The van der Waals surface area contributed by atoms with Crippen molar-refractivity contribution in [2.24, 2.45) is 5.73 Å². The summed E-state index contributed by atoms with van der Waals surface area (Å²) in [6, 6.07) is 8.00. The maximum absolute atomic E-state index is 6.39. The summed E-state index contributed by atoms with van der Waals surface area (Å²) in [6.45, 7) is 4.37. The quantitative estimate of drug-likeness (QED) is 0.853. The summed E-state index contributed by atoms with van der Waals surface area (Å²) in [4.78, 5) is 2.20. The van der Waals surface area contributed by atoms with Crippen LogP contribution < -0.4 is 10.5 Å². The number of nitrogens with two attached hydrogens (primary N) is 1. The minimum Gasteiger partial charge on any atom is -0.497 e. The molecular formula is C14H24N2O. The van der Waals surface area contributed by atoms with Crippen molar-refractivity contribution in [1.82, 2.24) is 4.90 Å². The van der Waals surface area contributed by atoms with E-state index < -0.39 is 0 Å². The third kappa shape index (κ3) is 2.79. The van der Waals surface area contributed by atoms with Crippen molar-refractivity contribution in [3.05, 3.63) is 29.8 Å². The second kappa shape index (κ2) is 5.52. The zero-order chi connectivity index (χ0) is 13.1. The van der Waals surface area contributed by atoms with Gasteiger partial charge < -0.3 is 15.4 Å². The Labute approximate surface area is 105 Å². The highest BCUT2D eigenvalue weighted by Gasteiger charge is 2.33. The fourth-order valence-electron chi connectivity index (χ4n) is 1.98. The van der Waals surface area contributed by atoms with Gasteiger partial charge in [0.25, 0.3) is 0 Å². The van der Waals surface area contributed by atoms with Crippen molar-refractivity contribution in [1.29, 1.82) is 0 Å². The molecular weight excluding hydrogens is 212 g/mol. The second-order valence-corrected chi connectivity index (χ2v) is 4.86. The van der Waals surface area contributed by atoms with Crippen molar-refractivity contribution in [2.75, 3.05) is 21.2 Å². The molecule has 3 heteroatoms. The number of hydrogen-bond acceptors (Lipinski definition) is 3. The first-order valence-electron chi connectivity index (χ1n) is 6.02. The van der Waals surface area contributed by atoms with Crippen LogP contribution in [0.3, 0.4) is 0 Å². The van der Waals surface area contributed by atoms with E-state index in [-0.39, 0.29) is 11.6 Å². The first kappa shape index (κ1) is 14.0. The Hall–Kier alpha value is -1.06. The molecule has 0 amide bonds. The Kier molecular flexibility index (Phi) is 4.54. The maximum atomic E-state index is 6.39. The second-order valence-electron chi connectivity index (χ2n) is 4.86.